The van der Waals surface area contributed by atoms with Crippen LogP contribution in [0.1, 0.15) is 13.3 Å². The van der Waals surface area contributed by atoms with Gasteiger partial charge in [-0.3, -0.25) is 14.4 Å². The van der Waals surface area contributed by atoms with Gasteiger partial charge < -0.3 is 14.9 Å². The largest absolute Gasteiger partial charge is 0.481 e. The van der Waals surface area contributed by atoms with Crippen molar-refractivity contribution in [3.63, 3.8) is 0 Å². The Kier molecular flexibility index (Phi) is 3.47. The zero-order chi connectivity index (χ0) is 15.1. The molecule has 0 aromatic carbocycles. The lowest BCUT2D eigenvalue weighted by Gasteiger charge is -2.37. The molecule has 2 amide bonds. The van der Waals surface area contributed by atoms with E-state index in [2.05, 4.69) is 0 Å². The summed E-state index contributed by atoms with van der Waals surface area (Å²) in [6.45, 7) is 3.61. The Morgan fingerprint density at radius 2 is 1.48 bits per heavy atom. The van der Waals surface area contributed by atoms with Gasteiger partial charge in [0, 0.05) is 33.1 Å². The molecule has 0 aromatic heterocycles. The van der Waals surface area contributed by atoms with Crippen molar-refractivity contribution in [2.24, 2.45) is 23.7 Å². The van der Waals surface area contributed by atoms with Crippen LogP contribution in [0.4, 0.5) is 0 Å². The van der Waals surface area contributed by atoms with Crippen molar-refractivity contribution in [2.45, 2.75) is 13.3 Å². The number of hydrogen-bond acceptors (Lipinski definition) is 3. The lowest BCUT2D eigenvalue weighted by Crippen LogP contribution is -2.53. The molecule has 6 nitrogen and oxygen atoms in total. The smallest absolute Gasteiger partial charge is 0.307 e. The van der Waals surface area contributed by atoms with Gasteiger partial charge in [0.05, 0.1) is 11.8 Å². The number of carboxylic acid groups (broad SMARTS) is 1. The molecule has 2 aliphatic carbocycles. The van der Waals surface area contributed by atoms with Crippen molar-refractivity contribution in [1.29, 1.82) is 0 Å². The minimum absolute atomic E-state index is 0.0000383. The number of carboxylic acids is 1. The summed E-state index contributed by atoms with van der Waals surface area (Å²) in [5.41, 5.74) is 0. The summed E-state index contributed by atoms with van der Waals surface area (Å²) < 4.78 is 0. The highest BCUT2D eigenvalue weighted by Crippen LogP contribution is 2.48. The van der Waals surface area contributed by atoms with E-state index in [4.69, 9.17) is 0 Å². The molecule has 114 valence electrons. The van der Waals surface area contributed by atoms with Gasteiger partial charge in [-0.1, -0.05) is 12.2 Å². The second-order valence-corrected chi connectivity index (χ2v) is 6.17. The van der Waals surface area contributed by atoms with Gasteiger partial charge in [0.1, 0.15) is 0 Å². The van der Waals surface area contributed by atoms with E-state index >= 15 is 0 Å². The van der Waals surface area contributed by atoms with Crippen LogP contribution in [-0.2, 0) is 14.4 Å². The van der Waals surface area contributed by atoms with E-state index in [0.717, 1.165) is 6.42 Å². The van der Waals surface area contributed by atoms with Gasteiger partial charge in [-0.2, -0.15) is 0 Å². The first-order valence-electron chi connectivity index (χ1n) is 7.44. The molecule has 21 heavy (non-hydrogen) atoms. The SMILES string of the molecule is CC(=O)N1CCN(C(=O)C2C3C=CC(C3)C2C(=O)O)CC1. The van der Waals surface area contributed by atoms with Crippen molar-refractivity contribution < 1.29 is 19.5 Å². The van der Waals surface area contributed by atoms with Gasteiger partial charge in [0.2, 0.25) is 11.8 Å². The third kappa shape index (κ3) is 2.32. The fraction of sp³-hybridized carbons (Fsp3) is 0.667. The molecule has 6 heteroatoms. The Hall–Kier alpha value is -1.85. The fourth-order valence-corrected chi connectivity index (χ4v) is 3.95. The molecule has 2 bridgehead atoms. The van der Waals surface area contributed by atoms with Crippen molar-refractivity contribution >= 4 is 17.8 Å². The number of amides is 2. The number of hydrogen-bond donors (Lipinski definition) is 1. The molecule has 0 radical (unpaired) electrons. The van der Waals surface area contributed by atoms with Gasteiger partial charge in [-0.05, 0) is 18.3 Å². The summed E-state index contributed by atoms with van der Waals surface area (Å²) >= 11 is 0. The Bertz CT molecular complexity index is 508. The first kappa shape index (κ1) is 14.1. The highest BCUT2D eigenvalue weighted by Gasteiger charge is 2.52. The number of aliphatic carboxylic acids is 1. The molecule has 0 spiro atoms. The van der Waals surface area contributed by atoms with Crippen LogP contribution in [0.25, 0.3) is 0 Å². The van der Waals surface area contributed by atoms with E-state index < -0.39 is 17.8 Å². The summed E-state index contributed by atoms with van der Waals surface area (Å²) in [4.78, 5) is 38.9. The minimum atomic E-state index is -0.868. The molecule has 2 fully saturated rings. The number of nitrogens with zero attached hydrogens (tertiary/aromatic N) is 2. The zero-order valence-electron chi connectivity index (χ0n) is 12.1. The maximum absolute atomic E-state index is 12.7. The van der Waals surface area contributed by atoms with Crippen molar-refractivity contribution in [1.82, 2.24) is 9.80 Å². The molecule has 1 saturated carbocycles. The van der Waals surface area contributed by atoms with E-state index in [1.807, 2.05) is 12.2 Å². The third-order valence-electron chi connectivity index (χ3n) is 5.07. The quantitative estimate of drug-likeness (QED) is 0.738. The maximum atomic E-state index is 12.7. The van der Waals surface area contributed by atoms with E-state index in [1.165, 1.54) is 6.92 Å². The molecule has 0 aromatic rings. The van der Waals surface area contributed by atoms with Crippen molar-refractivity contribution in [3.05, 3.63) is 12.2 Å². The molecule has 4 unspecified atom stereocenters. The average molecular weight is 292 g/mol. The van der Waals surface area contributed by atoms with E-state index in [0.29, 0.717) is 26.2 Å². The van der Waals surface area contributed by atoms with Crippen LogP contribution in [0, 0.1) is 23.7 Å². The Labute approximate surface area is 123 Å². The second kappa shape index (κ2) is 5.16. The predicted molar refractivity (Wildman–Crippen MR) is 74.2 cm³/mol. The highest BCUT2D eigenvalue weighted by atomic mass is 16.4. The van der Waals surface area contributed by atoms with Gasteiger partial charge >= 0.3 is 5.97 Å². The van der Waals surface area contributed by atoms with Crippen LogP contribution in [-0.4, -0.2) is 58.9 Å². The molecular formula is C15H20N2O4. The monoisotopic (exact) mass is 292 g/mol. The molecule has 1 N–H and O–H groups in total. The van der Waals surface area contributed by atoms with Gasteiger partial charge in [-0.15, -0.1) is 0 Å². The average Bonchev–Trinajstić information content (AvgIpc) is 3.07. The zero-order valence-corrected chi connectivity index (χ0v) is 12.1. The number of allylic oxidation sites excluding steroid dienone is 2. The number of rotatable bonds is 2. The number of fused-ring (bicyclic) bond motifs is 2. The minimum Gasteiger partial charge on any atom is -0.481 e. The number of piperazine rings is 1. The Morgan fingerprint density at radius 1 is 0.952 bits per heavy atom. The Balaban J connectivity index is 1.70. The summed E-state index contributed by atoms with van der Waals surface area (Å²) in [5.74, 6) is -1.85. The molecule has 1 saturated heterocycles. The molecular weight excluding hydrogens is 272 g/mol. The van der Waals surface area contributed by atoms with Crippen LogP contribution in [0.15, 0.2) is 12.2 Å². The van der Waals surface area contributed by atoms with Crippen LogP contribution < -0.4 is 0 Å². The molecule has 1 aliphatic heterocycles. The maximum Gasteiger partial charge on any atom is 0.307 e. The normalized spacial score (nSPS) is 34.3. The first-order chi connectivity index (χ1) is 9.99. The van der Waals surface area contributed by atoms with E-state index in [9.17, 15) is 19.5 Å². The first-order valence-corrected chi connectivity index (χ1v) is 7.44. The van der Waals surface area contributed by atoms with Gasteiger partial charge in [-0.25, -0.2) is 0 Å². The molecule has 3 aliphatic rings. The van der Waals surface area contributed by atoms with Crippen LogP contribution in [0.3, 0.4) is 0 Å². The van der Waals surface area contributed by atoms with Crippen LogP contribution >= 0.6 is 0 Å². The summed E-state index contributed by atoms with van der Waals surface area (Å²) in [7, 11) is 0. The van der Waals surface area contributed by atoms with Crippen LogP contribution in [0.5, 0.6) is 0 Å². The topological polar surface area (TPSA) is 77.9 Å². The summed E-state index contributed by atoms with van der Waals surface area (Å²) in [5, 5.41) is 9.41. The lowest BCUT2D eigenvalue weighted by molar-refractivity contribution is -0.152. The van der Waals surface area contributed by atoms with Crippen molar-refractivity contribution in [2.75, 3.05) is 26.2 Å². The van der Waals surface area contributed by atoms with Crippen LogP contribution in [0.2, 0.25) is 0 Å². The number of carbonyl (C=O) groups is 3. The van der Waals surface area contributed by atoms with E-state index in [1.54, 1.807) is 9.80 Å². The molecule has 1 heterocycles. The lowest BCUT2D eigenvalue weighted by atomic mass is 9.82. The predicted octanol–water partition coefficient (Wildman–Crippen LogP) is 0.200. The van der Waals surface area contributed by atoms with Gasteiger partial charge in [0.25, 0.3) is 0 Å². The molecule has 3 rings (SSSR count). The van der Waals surface area contributed by atoms with Gasteiger partial charge in [0.15, 0.2) is 0 Å². The summed E-state index contributed by atoms with van der Waals surface area (Å²) in [6, 6.07) is 0. The second-order valence-electron chi connectivity index (χ2n) is 6.17. The van der Waals surface area contributed by atoms with E-state index in [-0.39, 0.29) is 23.7 Å². The standard InChI is InChI=1S/C15H20N2O4/c1-9(18)16-4-6-17(7-5-16)14(19)12-10-2-3-11(8-10)13(12)15(20)21/h2-3,10-13H,4-8H2,1H3,(H,20,21). The molecule has 4 atom stereocenters. The van der Waals surface area contributed by atoms with Crippen molar-refractivity contribution in [3.8, 4) is 0 Å². The highest BCUT2D eigenvalue weighted by molar-refractivity contribution is 5.87. The number of carbonyl (C=O) groups excluding carboxylic acids is 2. The Morgan fingerprint density at radius 3 is 2.00 bits per heavy atom. The third-order valence-corrected chi connectivity index (χ3v) is 5.07. The fourth-order valence-electron chi connectivity index (χ4n) is 3.95. The summed E-state index contributed by atoms with van der Waals surface area (Å²) in [6.07, 6.45) is 4.72.